The molecule has 0 heterocycles. The molecule has 3 heteroatoms. The van der Waals surface area contributed by atoms with Crippen LogP contribution in [0, 0.1) is 0 Å². The molecule has 0 N–H and O–H groups in total. The predicted octanol–water partition coefficient (Wildman–Crippen LogP) is 3.97. The van der Waals surface area contributed by atoms with Gasteiger partial charge < -0.3 is 9.47 Å². The highest BCUT2D eigenvalue weighted by atomic mass is 16.5. The number of allylic oxidation sites excluding steroid dienone is 2. The van der Waals surface area contributed by atoms with E-state index in [1.165, 1.54) is 5.57 Å². The van der Waals surface area contributed by atoms with Gasteiger partial charge in [-0.1, -0.05) is 24.3 Å². The Morgan fingerprint density at radius 3 is 2.64 bits per heavy atom. The second kappa shape index (κ2) is 5.99. The van der Waals surface area contributed by atoms with E-state index in [-0.39, 0.29) is 11.2 Å². The monoisotopic (exact) mass is 298 g/mol. The van der Waals surface area contributed by atoms with Crippen LogP contribution in [0.2, 0.25) is 0 Å². The highest BCUT2D eigenvalue weighted by Crippen LogP contribution is 2.50. The summed E-state index contributed by atoms with van der Waals surface area (Å²) in [5.74, 6) is 1.66. The van der Waals surface area contributed by atoms with Gasteiger partial charge in [0.2, 0.25) is 0 Å². The number of benzene rings is 1. The predicted molar refractivity (Wildman–Crippen MR) is 86.5 cm³/mol. The van der Waals surface area contributed by atoms with Gasteiger partial charge in [-0.3, -0.25) is 4.79 Å². The number of carbonyl (C=O) groups excluding carboxylic acids is 1. The van der Waals surface area contributed by atoms with E-state index in [0.29, 0.717) is 12.4 Å². The summed E-state index contributed by atoms with van der Waals surface area (Å²) in [5.41, 5.74) is 1.96. The van der Waals surface area contributed by atoms with Crippen LogP contribution in [-0.2, 0) is 10.2 Å². The highest BCUT2D eigenvalue weighted by Gasteiger charge is 2.48. The third-order valence-corrected chi connectivity index (χ3v) is 4.61. The second-order valence-corrected chi connectivity index (χ2v) is 6.05. The van der Waals surface area contributed by atoms with Crippen LogP contribution in [0.1, 0.15) is 38.2 Å². The lowest BCUT2D eigenvalue weighted by Crippen LogP contribution is -2.17. The standard InChI is InChI=1S/C19H22O3/c1-14(20)19(10-11-19)16-8-9-17(18(12-16)21-2)22-13-15-6-4-3-5-7-15/h4,6-9,12H,3,5,10-11,13H2,1-2H3. The summed E-state index contributed by atoms with van der Waals surface area (Å²) in [4.78, 5) is 11.9. The summed E-state index contributed by atoms with van der Waals surface area (Å²) in [6.45, 7) is 2.22. The van der Waals surface area contributed by atoms with Gasteiger partial charge in [-0.25, -0.2) is 0 Å². The Balaban J connectivity index is 1.76. The maximum absolute atomic E-state index is 11.9. The van der Waals surface area contributed by atoms with Crippen LogP contribution in [0.3, 0.4) is 0 Å². The van der Waals surface area contributed by atoms with Gasteiger partial charge in [0.1, 0.15) is 12.4 Å². The van der Waals surface area contributed by atoms with Crippen LogP contribution < -0.4 is 9.47 Å². The Kier molecular flexibility index (Phi) is 4.06. The second-order valence-electron chi connectivity index (χ2n) is 6.05. The van der Waals surface area contributed by atoms with Crippen LogP contribution in [-0.4, -0.2) is 19.5 Å². The molecule has 0 bridgehead atoms. The van der Waals surface area contributed by atoms with E-state index < -0.39 is 0 Å². The van der Waals surface area contributed by atoms with Gasteiger partial charge in [-0.05, 0) is 55.9 Å². The van der Waals surface area contributed by atoms with Gasteiger partial charge in [-0.15, -0.1) is 0 Å². The molecule has 0 amide bonds. The Morgan fingerprint density at radius 2 is 2.05 bits per heavy atom. The first kappa shape index (κ1) is 14.9. The third-order valence-electron chi connectivity index (χ3n) is 4.61. The number of Topliss-reactive ketones (excluding diaryl/α,β-unsaturated/α-hetero) is 1. The highest BCUT2D eigenvalue weighted by molar-refractivity contribution is 5.91. The van der Waals surface area contributed by atoms with Crippen molar-refractivity contribution in [3.63, 3.8) is 0 Å². The molecule has 1 saturated carbocycles. The lowest BCUT2D eigenvalue weighted by atomic mass is 9.92. The number of ether oxygens (including phenoxy) is 2. The molecule has 116 valence electrons. The van der Waals surface area contributed by atoms with Crippen LogP contribution >= 0.6 is 0 Å². The fourth-order valence-electron chi connectivity index (χ4n) is 2.99. The van der Waals surface area contributed by atoms with E-state index in [0.717, 1.165) is 37.0 Å². The number of hydrogen-bond donors (Lipinski definition) is 0. The first-order valence-corrected chi connectivity index (χ1v) is 7.84. The SMILES string of the molecule is COc1cc(C2(C(C)=O)CC2)ccc1OCC1=CCCC=C1. The molecule has 3 rings (SSSR count). The molecule has 0 spiro atoms. The number of rotatable bonds is 6. The number of carbonyl (C=O) groups is 1. The summed E-state index contributed by atoms with van der Waals surface area (Å²) in [5, 5.41) is 0. The smallest absolute Gasteiger partial charge is 0.161 e. The minimum Gasteiger partial charge on any atom is -0.493 e. The topological polar surface area (TPSA) is 35.5 Å². The molecule has 0 aliphatic heterocycles. The fraction of sp³-hybridized carbons (Fsp3) is 0.421. The average Bonchev–Trinajstić information content (AvgIpc) is 3.35. The van der Waals surface area contributed by atoms with E-state index in [1.54, 1.807) is 14.0 Å². The van der Waals surface area contributed by atoms with Gasteiger partial charge in [0.25, 0.3) is 0 Å². The van der Waals surface area contributed by atoms with Crippen LogP contribution in [0.15, 0.2) is 42.0 Å². The molecule has 2 aliphatic rings. The molecule has 0 unspecified atom stereocenters. The summed E-state index contributed by atoms with van der Waals surface area (Å²) in [6.07, 6.45) is 10.5. The maximum Gasteiger partial charge on any atom is 0.161 e. The minimum atomic E-state index is -0.277. The number of methoxy groups -OCH3 is 1. The van der Waals surface area contributed by atoms with E-state index in [4.69, 9.17) is 9.47 Å². The molecule has 0 radical (unpaired) electrons. The first-order valence-electron chi connectivity index (χ1n) is 7.84. The Bertz CT molecular complexity index is 636. The number of ketones is 1. The average molecular weight is 298 g/mol. The van der Waals surface area contributed by atoms with Crippen molar-refractivity contribution in [1.82, 2.24) is 0 Å². The van der Waals surface area contributed by atoms with E-state index in [1.807, 2.05) is 18.2 Å². The van der Waals surface area contributed by atoms with Crippen molar-refractivity contribution in [3.8, 4) is 11.5 Å². The van der Waals surface area contributed by atoms with Crippen LogP contribution in [0.25, 0.3) is 0 Å². The zero-order chi connectivity index (χ0) is 15.6. The summed E-state index contributed by atoms with van der Waals surface area (Å²) >= 11 is 0. The molecule has 0 aromatic heterocycles. The Labute approximate surface area is 131 Å². The quantitative estimate of drug-likeness (QED) is 0.797. The minimum absolute atomic E-state index is 0.237. The molecular formula is C19H22O3. The first-order chi connectivity index (χ1) is 10.7. The van der Waals surface area contributed by atoms with Crippen molar-refractivity contribution in [2.75, 3.05) is 13.7 Å². The lowest BCUT2D eigenvalue weighted by molar-refractivity contribution is -0.119. The Morgan fingerprint density at radius 1 is 1.23 bits per heavy atom. The van der Waals surface area contributed by atoms with Crippen molar-refractivity contribution >= 4 is 5.78 Å². The molecule has 22 heavy (non-hydrogen) atoms. The van der Waals surface area contributed by atoms with Gasteiger partial charge in [0.15, 0.2) is 11.5 Å². The summed E-state index contributed by atoms with van der Waals surface area (Å²) < 4.78 is 11.3. The zero-order valence-electron chi connectivity index (χ0n) is 13.2. The summed E-state index contributed by atoms with van der Waals surface area (Å²) in [6, 6.07) is 5.87. The van der Waals surface area contributed by atoms with Gasteiger partial charge in [-0.2, -0.15) is 0 Å². The molecule has 1 fully saturated rings. The molecule has 1 aromatic rings. The van der Waals surface area contributed by atoms with E-state index >= 15 is 0 Å². The van der Waals surface area contributed by atoms with Crippen LogP contribution in [0.4, 0.5) is 0 Å². The Hall–Kier alpha value is -2.03. The van der Waals surface area contributed by atoms with Gasteiger partial charge in [0.05, 0.1) is 12.5 Å². The lowest BCUT2D eigenvalue weighted by Gasteiger charge is -2.16. The van der Waals surface area contributed by atoms with Crippen molar-refractivity contribution in [2.24, 2.45) is 0 Å². The molecule has 2 aliphatic carbocycles. The normalized spacial score (nSPS) is 18.5. The van der Waals surface area contributed by atoms with Crippen molar-refractivity contribution in [3.05, 3.63) is 47.6 Å². The number of hydrogen-bond acceptors (Lipinski definition) is 3. The van der Waals surface area contributed by atoms with Crippen molar-refractivity contribution < 1.29 is 14.3 Å². The summed E-state index contributed by atoms with van der Waals surface area (Å²) in [7, 11) is 1.64. The zero-order valence-corrected chi connectivity index (χ0v) is 13.2. The molecule has 1 aromatic carbocycles. The molecule has 0 atom stereocenters. The third kappa shape index (κ3) is 2.80. The molecular weight excluding hydrogens is 276 g/mol. The van der Waals surface area contributed by atoms with Crippen LogP contribution in [0.5, 0.6) is 11.5 Å². The molecule has 0 saturated heterocycles. The van der Waals surface area contributed by atoms with Crippen molar-refractivity contribution in [2.45, 2.75) is 38.0 Å². The maximum atomic E-state index is 11.9. The van der Waals surface area contributed by atoms with Gasteiger partial charge in [0, 0.05) is 0 Å². The van der Waals surface area contributed by atoms with E-state index in [2.05, 4.69) is 18.2 Å². The van der Waals surface area contributed by atoms with Crippen molar-refractivity contribution in [1.29, 1.82) is 0 Å². The molecule has 3 nitrogen and oxygen atoms in total. The van der Waals surface area contributed by atoms with Gasteiger partial charge >= 0.3 is 0 Å². The fourth-order valence-corrected chi connectivity index (χ4v) is 2.99. The van der Waals surface area contributed by atoms with E-state index in [9.17, 15) is 4.79 Å². The largest absolute Gasteiger partial charge is 0.493 e.